The van der Waals surface area contributed by atoms with Gasteiger partial charge < -0.3 is 0 Å². The summed E-state index contributed by atoms with van der Waals surface area (Å²) in [4.78, 5) is 19.2. The van der Waals surface area contributed by atoms with E-state index in [0.29, 0.717) is 5.56 Å². The molecule has 0 aliphatic carbocycles. The lowest BCUT2D eigenvalue weighted by atomic mass is 10.0. The Morgan fingerprint density at radius 3 is 2.47 bits per heavy atom. The molecule has 1 heterocycles. The minimum absolute atomic E-state index is 0.114. The first-order valence-corrected chi connectivity index (χ1v) is 5.41. The van der Waals surface area contributed by atoms with Gasteiger partial charge in [-0.15, -0.1) is 0 Å². The monoisotopic (exact) mass is 266 g/mol. The van der Waals surface area contributed by atoms with E-state index in [1.54, 1.807) is 0 Å². The molecule has 0 saturated carbocycles. The normalized spacial score (nSPS) is 11.3. The number of nitrogens with zero attached hydrogens (tertiary/aromatic N) is 2. The van der Waals surface area contributed by atoms with Crippen molar-refractivity contribution in [3.8, 4) is 0 Å². The summed E-state index contributed by atoms with van der Waals surface area (Å²) in [6.07, 6.45) is -0.570. The van der Waals surface area contributed by atoms with Crippen molar-refractivity contribution in [1.82, 2.24) is 9.97 Å². The molecule has 6 heteroatoms. The van der Waals surface area contributed by atoms with E-state index in [9.17, 15) is 18.0 Å². The zero-order chi connectivity index (χ0) is 13.9. The van der Waals surface area contributed by atoms with Crippen LogP contribution in [-0.4, -0.2) is 15.8 Å². The first kappa shape index (κ1) is 13.2. The zero-order valence-corrected chi connectivity index (χ0v) is 9.69. The van der Waals surface area contributed by atoms with Crippen molar-refractivity contribution < 1.29 is 18.0 Å². The molecule has 3 nitrogen and oxygen atoms in total. The summed E-state index contributed by atoms with van der Waals surface area (Å²) < 4.78 is 37.6. The average Bonchev–Trinajstić information content (AvgIpc) is 2.39. The Bertz CT molecular complexity index is 582. The minimum Gasteiger partial charge on any atom is -0.294 e. The quantitative estimate of drug-likeness (QED) is 0.802. The molecule has 1 aromatic heterocycles. The van der Waals surface area contributed by atoms with Crippen molar-refractivity contribution in [2.75, 3.05) is 0 Å². The zero-order valence-electron chi connectivity index (χ0n) is 9.69. The molecule has 19 heavy (non-hydrogen) atoms. The Kier molecular flexibility index (Phi) is 3.59. The van der Waals surface area contributed by atoms with Crippen LogP contribution in [0.25, 0.3) is 0 Å². The van der Waals surface area contributed by atoms with E-state index in [1.807, 2.05) is 0 Å². The van der Waals surface area contributed by atoms with Gasteiger partial charge in [0.1, 0.15) is 6.33 Å². The van der Waals surface area contributed by atoms with Crippen molar-refractivity contribution in [3.05, 3.63) is 59.7 Å². The van der Waals surface area contributed by atoms with Gasteiger partial charge in [-0.1, -0.05) is 18.2 Å². The molecule has 0 atom stereocenters. The van der Waals surface area contributed by atoms with Crippen LogP contribution in [0.3, 0.4) is 0 Å². The van der Waals surface area contributed by atoms with Crippen molar-refractivity contribution in [3.63, 3.8) is 0 Å². The van der Waals surface area contributed by atoms with Gasteiger partial charge in [-0.3, -0.25) is 4.79 Å². The van der Waals surface area contributed by atoms with Gasteiger partial charge >= 0.3 is 6.18 Å². The summed E-state index contributed by atoms with van der Waals surface area (Å²) in [7, 11) is 0. The van der Waals surface area contributed by atoms with Crippen LogP contribution in [0.1, 0.15) is 21.5 Å². The Balaban J connectivity index is 2.18. The number of aromatic nitrogens is 2. The summed E-state index contributed by atoms with van der Waals surface area (Å²) >= 11 is 0. The van der Waals surface area contributed by atoms with Gasteiger partial charge in [-0.25, -0.2) is 9.97 Å². The summed E-state index contributed by atoms with van der Waals surface area (Å²) in [6, 6.07) is 4.71. The molecule has 2 rings (SSSR count). The van der Waals surface area contributed by atoms with Crippen molar-refractivity contribution in [2.45, 2.75) is 12.6 Å². The molecule has 0 spiro atoms. The topological polar surface area (TPSA) is 42.9 Å². The highest BCUT2D eigenvalue weighted by Gasteiger charge is 2.30. The Hall–Kier alpha value is -2.24. The third-order valence-electron chi connectivity index (χ3n) is 2.50. The number of hydrogen-bond acceptors (Lipinski definition) is 3. The van der Waals surface area contributed by atoms with Crippen LogP contribution in [0.4, 0.5) is 13.2 Å². The van der Waals surface area contributed by atoms with Crippen LogP contribution >= 0.6 is 0 Å². The number of hydrogen-bond donors (Lipinski definition) is 0. The average molecular weight is 266 g/mol. The highest BCUT2D eigenvalue weighted by Crippen LogP contribution is 2.29. The van der Waals surface area contributed by atoms with E-state index < -0.39 is 11.7 Å². The van der Waals surface area contributed by atoms with Gasteiger partial charge in [0.2, 0.25) is 0 Å². The lowest BCUT2D eigenvalue weighted by Gasteiger charge is -2.08. The fourth-order valence-corrected chi connectivity index (χ4v) is 1.59. The Morgan fingerprint density at radius 2 is 1.84 bits per heavy atom. The number of carbonyl (C=O) groups excluding carboxylic acids is 1. The molecule has 0 aliphatic rings. The lowest BCUT2D eigenvalue weighted by molar-refractivity contribution is -0.137. The van der Waals surface area contributed by atoms with Gasteiger partial charge in [0.25, 0.3) is 0 Å². The van der Waals surface area contributed by atoms with Gasteiger partial charge in [0, 0.05) is 18.8 Å². The Labute approximate surface area is 107 Å². The number of rotatable bonds is 3. The number of Topliss-reactive ketones (excluding diaryl/α,β-unsaturated/α-hetero) is 1. The summed E-state index contributed by atoms with van der Waals surface area (Å²) in [5.41, 5.74) is -0.175. The highest BCUT2D eigenvalue weighted by atomic mass is 19.4. The molecule has 0 bridgehead atoms. The molecule has 0 unspecified atom stereocenters. The number of halogens is 3. The molecule has 0 saturated heterocycles. The largest absolute Gasteiger partial charge is 0.416 e. The van der Waals surface area contributed by atoms with E-state index in [2.05, 4.69) is 9.97 Å². The number of benzene rings is 1. The van der Waals surface area contributed by atoms with Crippen LogP contribution in [0.15, 0.2) is 43.0 Å². The van der Waals surface area contributed by atoms with Gasteiger partial charge in [0.15, 0.2) is 5.78 Å². The number of alkyl halides is 3. The van der Waals surface area contributed by atoms with Crippen LogP contribution < -0.4 is 0 Å². The predicted molar refractivity (Wildman–Crippen MR) is 61.5 cm³/mol. The molecule has 0 aliphatic heterocycles. The third kappa shape index (κ3) is 3.37. The molecular weight excluding hydrogens is 257 g/mol. The van der Waals surface area contributed by atoms with Crippen molar-refractivity contribution in [1.29, 1.82) is 0 Å². The second-order valence-electron chi connectivity index (χ2n) is 3.93. The molecule has 2 aromatic rings. The van der Waals surface area contributed by atoms with Crippen LogP contribution in [0, 0.1) is 0 Å². The summed E-state index contributed by atoms with van der Waals surface area (Å²) in [5.74, 6) is -0.320. The molecule has 0 fully saturated rings. The minimum atomic E-state index is -4.41. The van der Waals surface area contributed by atoms with Crippen molar-refractivity contribution in [2.24, 2.45) is 0 Å². The van der Waals surface area contributed by atoms with E-state index in [0.717, 1.165) is 12.1 Å². The maximum absolute atomic E-state index is 12.5. The smallest absolute Gasteiger partial charge is 0.294 e. The van der Waals surface area contributed by atoms with E-state index in [1.165, 1.54) is 30.9 Å². The summed E-state index contributed by atoms with van der Waals surface area (Å²) in [6.45, 7) is 0. The van der Waals surface area contributed by atoms with Crippen LogP contribution in [-0.2, 0) is 12.6 Å². The molecular formula is C13H9F3N2O. The number of carbonyl (C=O) groups is 1. The maximum Gasteiger partial charge on any atom is 0.416 e. The fraction of sp³-hybridized carbons (Fsp3) is 0.154. The first-order chi connectivity index (χ1) is 8.97. The van der Waals surface area contributed by atoms with Crippen LogP contribution in [0.2, 0.25) is 0 Å². The predicted octanol–water partition coefficient (Wildman–Crippen LogP) is 2.92. The standard InChI is InChI=1S/C13H9F3N2O/c14-13(15,16)11-3-1-2-9(4-11)5-12(19)10-6-17-8-18-7-10/h1-4,6-8H,5H2. The first-order valence-electron chi connectivity index (χ1n) is 5.41. The summed E-state index contributed by atoms with van der Waals surface area (Å²) in [5, 5.41) is 0. The van der Waals surface area contributed by atoms with Crippen LogP contribution in [0.5, 0.6) is 0 Å². The molecule has 0 radical (unpaired) electrons. The molecule has 0 N–H and O–H groups in total. The Morgan fingerprint density at radius 1 is 1.16 bits per heavy atom. The fourth-order valence-electron chi connectivity index (χ4n) is 1.59. The second-order valence-corrected chi connectivity index (χ2v) is 3.93. The van der Waals surface area contributed by atoms with Gasteiger partial charge in [-0.2, -0.15) is 13.2 Å². The van der Waals surface area contributed by atoms with E-state index >= 15 is 0 Å². The van der Waals surface area contributed by atoms with Gasteiger partial charge in [0.05, 0.1) is 11.1 Å². The highest BCUT2D eigenvalue weighted by molar-refractivity contribution is 5.96. The second kappa shape index (κ2) is 5.17. The number of ketones is 1. The maximum atomic E-state index is 12.5. The molecule has 0 amide bonds. The SMILES string of the molecule is O=C(Cc1cccc(C(F)(F)F)c1)c1cncnc1. The lowest BCUT2D eigenvalue weighted by Crippen LogP contribution is -2.08. The molecule has 98 valence electrons. The van der Waals surface area contributed by atoms with Crippen molar-refractivity contribution >= 4 is 5.78 Å². The van der Waals surface area contributed by atoms with E-state index in [4.69, 9.17) is 0 Å². The molecule has 1 aromatic carbocycles. The van der Waals surface area contributed by atoms with Gasteiger partial charge in [-0.05, 0) is 11.6 Å². The van der Waals surface area contributed by atoms with E-state index in [-0.39, 0.29) is 17.8 Å². The third-order valence-corrected chi connectivity index (χ3v) is 2.50.